The highest BCUT2D eigenvalue weighted by molar-refractivity contribution is 7.17. The topological polar surface area (TPSA) is 72.7 Å². The Hall–Kier alpha value is -2.54. The van der Waals surface area contributed by atoms with E-state index in [2.05, 4.69) is 20.4 Å². The molecule has 0 aromatic carbocycles. The first-order valence-corrected chi connectivity index (χ1v) is 8.47. The number of nitrogens with one attached hydrogen (secondary N) is 1. The summed E-state index contributed by atoms with van der Waals surface area (Å²) in [6.07, 6.45) is 3.51. The molecule has 0 aliphatic rings. The standard InChI is InChI=1S/C17H19N5OS/c1-10(13-9-19-22(4)12(13)3)20-16(23)15-11(2)21-17(24-15)14-7-5-6-8-18-14/h5-10H,1-4H3,(H,20,23). The lowest BCUT2D eigenvalue weighted by Crippen LogP contribution is -2.26. The summed E-state index contributed by atoms with van der Waals surface area (Å²) >= 11 is 1.36. The number of hydrogen-bond acceptors (Lipinski definition) is 5. The van der Waals surface area contributed by atoms with E-state index in [1.165, 1.54) is 11.3 Å². The normalized spacial score (nSPS) is 12.2. The van der Waals surface area contributed by atoms with Crippen molar-refractivity contribution in [3.05, 3.63) is 52.4 Å². The maximum absolute atomic E-state index is 12.6. The van der Waals surface area contributed by atoms with E-state index in [4.69, 9.17) is 0 Å². The molecule has 3 aromatic rings. The van der Waals surface area contributed by atoms with E-state index in [0.717, 1.165) is 22.0 Å². The Kier molecular flexibility index (Phi) is 4.44. The number of aromatic nitrogens is 4. The fourth-order valence-corrected chi connectivity index (χ4v) is 3.43. The van der Waals surface area contributed by atoms with Gasteiger partial charge in [-0.25, -0.2) is 4.98 Å². The lowest BCUT2D eigenvalue weighted by Gasteiger charge is -2.13. The number of aryl methyl sites for hydroxylation is 2. The van der Waals surface area contributed by atoms with Crippen LogP contribution in [0.15, 0.2) is 30.6 Å². The van der Waals surface area contributed by atoms with Crippen LogP contribution >= 0.6 is 11.3 Å². The van der Waals surface area contributed by atoms with E-state index in [1.54, 1.807) is 17.1 Å². The quantitative estimate of drug-likeness (QED) is 0.791. The minimum absolute atomic E-state index is 0.119. The Labute approximate surface area is 144 Å². The van der Waals surface area contributed by atoms with Crippen molar-refractivity contribution in [3.8, 4) is 10.7 Å². The van der Waals surface area contributed by atoms with E-state index >= 15 is 0 Å². The second kappa shape index (κ2) is 6.52. The van der Waals surface area contributed by atoms with Crippen molar-refractivity contribution in [1.82, 2.24) is 25.1 Å². The number of rotatable bonds is 4. The van der Waals surface area contributed by atoms with Crippen LogP contribution in [0, 0.1) is 13.8 Å². The first-order chi connectivity index (χ1) is 11.5. The van der Waals surface area contributed by atoms with Crippen LogP contribution in [-0.2, 0) is 7.05 Å². The minimum atomic E-state index is -0.122. The third-order valence-corrected chi connectivity index (χ3v) is 5.15. The molecule has 1 amide bonds. The predicted octanol–water partition coefficient (Wildman–Crippen LogP) is 3.05. The van der Waals surface area contributed by atoms with Crippen molar-refractivity contribution in [3.63, 3.8) is 0 Å². The highest BCUT2D eigenvalue weighted by Gasteiger charge is 2.20. The third-order valence-electron chi connectivity index (χ3n) is 3.97. The Bertz CT molecular complexity index is 868. The van der Waals surface area contributed by atoms with Gasteiger partial charge in [0, 0.05) is 24.5 Å². The molecule has 24 heavy (non-hydrogen) atoms. The molecule has 0 aliphatic carbocycles. The number of hydrogen-bond donors (Lipinski definition) is 1. The molecule has 0 saturated carbocycles. The van der Waals surface area contributed by atoms with Gasteiger partial charge in [-0.3, -0.25) is 14.5 Å². The van der Waals surface area contributed by atoms with Crippen molar-refractivity contribution in [2.24, 2.45) is 7.05 Å². The van der Waals surface area contributed by atoms with Gasteiger partial charge in [0.25, 0.3) is 5.91 Å². The Balaban J connectivity index is 1.81. The van der Waals surface area contributed by atoms with Gasteiger partial charge in [0.15, 0.2) is 0 Å². The molecule has 1 N–H and O–H groups in total. The molecule has 1 unspecified atom stereocenters. The largest absolute Gasteiger partial charge is 0.345 e. The van der Waals surface area contributed by atoms with Gasteiger partial charge in [0.2, 0.25) is 0 Å². The molecule has 0 bridgehead atoms. The van der Waals surface area contributed by atoms with Gasteiger partial charge in [-0.1, -0.05) is 6.07 Å². The van der Waals surface area contributed by atoms with Crippen molar-refractivity contribution in [1.29, 1.82) is 0 Å². The van der Waals surface area contributed by atoms with Gasteiger partial charge >= 0.3 is 0 Å². The van der Waals surface area contributed by atoms with Crippen LogP contribution in [0.2, 0.25) is 0 Å². The predicted molar refractivity (Wildman–Crippen MR) is 93.9 cm³/mol. The van der Waals surface area contributed by atoms with Crippen LogP contribution in [0.4, 0.5) is 0 Å². The molecule has 124 valence electrons. The summed E-state index contributed by atoms with van der Waals surface area (Å²) in [5.41, 5.74) is 3.55. The number of nitrogens with zero attached hydrogens (tertiary/aromatic N) is 4. The van der Waals surface area contributed by atoms with Crippen LogP contribution in [0.3, 0.4) is 0 Å². The van der Waals surface area contributed by atoms with E-state index in [-0.39, 0.29) is 11.9 Å². The maximum Gasteiger partial charge on any atom is 0.263 e. The minimum Gasteiger partial charge on any atom is -0.345 e. The van der Waals surface area contributed by atoms with Crippen molar-refractivity contribution in [2.45, 2.75) is 26.8 Å². The summed E-state index contributed by atoms with van der Waals surface area (Å²) in [5, 5.41) is 8.01. The fourth-order valence-electron chi connectivity index (χ4n) is 2.49. The molecule has 7 heteroatoms. The monoisotopic (exact) mass is 341 g/mol. The molecule has 3 heterocycles. The second-order valence-corrected chi connectivity index (χ2v) is 6.65. The van der Waals surface area contributed by atoms with E-state index in [9.17, 15) is 4.79 Å². The molecule has 0 spiro atoms. The Morgan fingerprint density at radius 1 is 1.33 bits per heavy atom. The first kappa shape index (κ1) is 16.3. The summed E-state index contributed by atoms with van der Waals surface area (Å²) in [7, 11) is 1.89. The van der Waals surface area contributed by atoms with Gasteiger partial charge in [0.1, 0.15) is 9.88 Å². The van der Waals surface area contributed by atoms with Gasteiger partial charge in [-0.2, -0.15) is 5.10 Å². The average molecular weight is 341 g/mol. The highest BCUT2D eigenvalue weighted by Crippen LogP contribution is 2.27. The van der Waals surface area contributed by atoms with E-state index in [0.29, 0.717) is 10.6 Å². The summed E-state index contributed by atoms with van der Waals surface area (Å²) in [6.45, 7) is 5.79. The smallest absolute Gasteiger partial charge is 0.263 e. The fraction of sp³-hybridized carbons (Fsp3) is 0.294. The van der Waals surface area contributed by atoms with Crippen molar-refractivity contribution in [2.75, 3.05) is 0 Å². The average Bonchev–Trinajstić information content (AvgIpc) is 3.12. The number of pyridine rings is 1. The molecule has 0 saturated heterocycles. The molecule has 3 aromatic heterocycles. The zero-order valence-corrected chi connectivity index (χ0v) is 14.9. The van der Waals surface area contributed by atoms with Gasteiger partial charge in [-0.15, -0.1) is 11.3 Å². The van der Waals surface area contributed by atoms with E-state index in [1.807, 2.05) is 46.0 Å². The lowest BCUT2D eigenvalue weighted by molar-refractivity contribution is 0.0943. The summed E-state index contributed by atoms with van der Waals surface area (Å²) in [4.78, 5) is 22.0. The van der Waals surface area contributed by atoms with Crippen LogP contribution in [-0.4, -0.2) is 25.7 Å². The second-order valence-electron chi connectivity index (χ2n) is 5.65. The Morgan fingerprint density at radius 3 is 2.75 bits per heavy atom. The molecule has 0 radical (unpaired) electrons. The number of carbonyl (C=O) groups excluding carboxylic acids is 1. The van der Waals surface area contributed by atoms with Crippen molar-refractivity contribution < 1.29 is 4.79 Å². The summed E-state index contributed by atoms with van der Waals surface area (Å²) in [5.74, 6) is -0.122. The van der Waals surface area contributed by atoms with Crippen molar-refractivity contribution >= 4 is 17.2 Å². The molecule has 1 atom stereocenters. The first-order valence-electron chi connectivity index (χ1n) is 7.65. The van der Waals surface area contributed by atoms with Crippen LogP contribution in [0.1, 0.15) is 39.6 Å². The Morgan fingerprint density at radius 2 is 2.12 bits per heavy atom. The van der Waals surface area contributed by atoms with Gasteiger partial charge < -0.3 is 5.32 Å². The molecule has 0 fully saturated rings. The maximum atomic E-state index is 12.6. The zero-order chi connectivity index (χ0) is 17.3. The van der Waals surface area contributed by atoms with Crippen LogP contribution < -0.4 is 5.32 Å². The van der Waals surface area contributed by atoms with E-state index < -0.39 is 0 Å². The lowest BCUT2D eigenvalue weighted by atomic mass is 10.1. The van der Waals surface area contributed by atoms with Crippen LogP contribution in [0.5, 0.6) is 0 Å². The summed E-state index contributed by atoms with van der Waals surface area (Å²) in [6, 6.07) is 5.54. The van der Waals surface area contributed by atoms with Crippen LogP contribution in [0.25, 0.3) is 10.7 Å². The number of thiazole rings is 1. The molecule has 6 nitrogen and oxygen atoms in total. The molecular weight excluding hydrogens is 322 g/mol. The van der Waals surface area contributed by atoms with Gasteiger partial charge in [0.05, 0.1) is 23.6 Å². The molecule has 3 rings (SSSR count). The third kappa shape index (κ3) is 3.07. The molecular formula is C17H19N5OS. The number of amides is 1. The zero-order valence-electron chi connectivity index (χ0n) is 14.1. The summed E-state index contributed by atoms with van der Waals surface area (Å²) < 4.78 is 1.80. The highest BCUT2D eigenvalue weighted by atomic mass is 32.1. The van der Waals surface area contributed by atoms with Gasteiger partial charge in [-0.05, 0) is 32.9 Å². The molecule has 0 aliphatic heterocycles. The number of carbonyl (C=O) groups is 1. The SMILES string of the molecule is Cc1nc(-c2ccccn2)sc1C(=O)NC(C)c1cnn(C)c1C.